The van der Waals surface area contributed by atoms with Crippen molar-refractivity contribution in [3.05, 3.63) is 72.1 Å². The highest BCUT2D eigenvalue weighted by atomic mass is 16.5. The molecule has 0 spiro atoms. The third-order valence-corrected chi connectivity index (χ3v) is 3.83. The zero-order valence-electron chi connectivity index (χ0n) is 14.1. The van der Waals surface area contributed by atoms with Crippen molar-refractivity contribution in [1.82, 2.24) is 9.88 Å². The van der Waals surface area contributed by atoms with E-state index in [1.54, 1.807) is 6.26 Å². The second-order valence-corrected chi connectivity index (χ2v) is 5.86. The van der Waals surface area contributed by atoms with Gasteiger partial charge in [0.15, 0.2) is 0 Å². The van der Waals surface area contributed by atoms with Gasteiger partial charge in [-0.25, -0.2) is 4.98 Å². The minimum absolute atomic E-state index is 0.644. The summed E-state index contributed by atoms with van der Waals surface area (Å²) in [7, 11) is 2.05. The van der Waals surface area contributed by atoms with E-state index in [0.717, 1.165) is 35.7 Å². The summed E-state index contributed by atoms with van der Waals surface area (Å²) in [5.74, 6) is 1.61. The summed E-state index contributed by atoms with van der Waals surface area (Å²) in [5.41, 5.74) is 3.07. The van der Waals surface area contributed by atoms with E-state index >= 15 is 0 Å². The van der Waals surface area contributed by atoms with Gasteiger partial charge >= 0.3 is 0 Å². The number of aromatic nitrogens is 1. The standard InChI is InChI=1S/C20H22N2O2/c1-16-8-6-7-11-19(16)23-13-12-22(2)14-18-15-24-20(21-18)17-9-4-3-5-10-17/h3-11,15H,12-14H2,1-2H3. The summed E-state index contributed by atoms with van der Waals surface area (Å²) < 4.78 is 11.4. The van der Waals surface area contributed by atoms with E-state index in [1.807, 2.05) is 48.5 Å². The zero-order valence-corrected chi connectivity index (χ0v) is 14.1. The Morgan fingerprint density at radius 3 is 2.58 bits per heavy atom. The third-order valence-electron chi connectivity index (χ3n) is 3.83. The van der Waals surface area contributed by atoms with Crippen LogP contribution in [0.5, 0.6) is 5.75 Å². The van der Waals surface area contributed by atoms with Crippen LogP contribution in [-0.4, -0.2) is 30.1 Å². The molecule has 3 aromatic rings. The summed E-state index contributed by atoms with van der Waals surface area (Å²) in [6, 6.07) is 18.0. The van der Waals surface area contributed by atoms with E-state index in [0.29, 0.717) is 12.5 Å². The molecule has 124 valence electrons. The SMILES string of the molecule is Cc1ccccc1OCCN(C)Cc1coc(-c2ccccc2)n1. The Balaban J connectivity index is 1.50. The van der Waals surface area contributed by atoms with Crippen molar-refractivity contribution in [3.63, 3.8) is 0 Å². The lowest BCUT2D eigenvalue weighted by molar-refractivity contribution is 0.230. The second kappa shape index (κ2) is 7.79. The molecular formula is C20H22N2O2. The molecule has 24 heavy (non-hydrogen) atoms. The highest BCUT2D eigenvalue weighted by Crippen LogP contribution is 2.19. The van der Waals surface area contributed by atoms with E-state index in [4.69, 9.17) is 9.15 Å². The minimum Gasteiger partial charge on any atom is -0.492 e. The Morgan fingerprint density at radius 2 is 1.79 bits per heavy atom. The van der Waals surface area contributed by atoms with Gasteiger partial charge in [-0.3, -0.25) is 4.90 Å². The van der Waals surface area contributed by atoms with Gasteiger partial charge in [0.1, 0.15) is 18.6 Å². The molecule has 4 heteroatoms. The Hall–Kier alpha value is -2.59. The summed E-state index contributed by atoms with van der Waals surface area (Å²) in [5, 5.41) is 0. The lowest BCUT2D eigenvalue weighted by Gasteiger charge is -2.16. The van der Waals surface area contributed by atoms with Crippen LogP contribution in [-0.2, 0) is 6.54 Å². The van der Waals surface area contributed by atoms with Gasteiger partial charge in [-0.05, 0) is 37.7 Å². The lowest BCUT2D eigenvalue weighted by Crippen LogP contribution is -2.24. The van der Waals surface area contributed by atoms with Crippen molar-refractivity contribution in [3.8, 4) is 17.2 Å². The quantitative estimate of drug-likeness (QED) is 0.655. The van der Waals surface area contributed by atoms with Gasteiger partial charge in [0.2, 0.25) is 5.89 Å². The van der Waals surface area contributed by atoms with Crippen molar-refractivity contribution >= 4 is 0 Å². The smallest absolute Gasteiger partial charge is 0.226 e. The fourth-order valence-electron chi connectivity index (χ4n) is 2.48. The maximum atomic E-state index is 5.83. The van der Waals surface area contributed by atoms with Gasteiger partial charge in [-0.15, -0.1) is 0 Å². The maximum Gasteiger partial charge on any atom is 0.226 e. The van der Waals surface area contributed by atoms with Crippen molar-refractivity contribution in [2.45, 2.75) is 13.5 Å². The van der Waals surface area contributed by atoms with Gasteiger partial charge in [0, 0.05) is 18.7 Å². The van der Waals surface area contributed by atoms with Crippen LogP contribution in [0, 0.1) is 6.92 Å². The molecule has 4 nitrogen and oxygen atoms in total. The highest BCUT2D eigenvalue weighted by Gasteiger charge is 2.08. The molecule has 0 saturated heterocycles. The monoisotopic (exact) mass is 322 g/mol. The first-order valence-electron chi connectivity index (χ1n) is 8.09. The summed E-state index contributed by atoms with van der Waals surface area (Å²) >= 11 is 0. The molecule has 0 N–H and O–H groups in total. The number of hydrogen-bond donors (Lipinski definition) is 0. The number of para-hydroxylation sites is 1. The largest absolute Gasteiger partial charge is 0.492 e. The maximum absolute atomic E-state index is 5.83. The van der Waals surface area contributed by atoms with E-state index in [2.05, 4.69) is 29.9 Å². The molecular weight excluding hydrogens is 300 g/mol. The molecule has 0 bridgehead atoms. The lowest BCUT2D eigenvalue weighted by atomic mass is 10.2. The molecule has 0 unspecified atom stereocenters. The fourth-order valence-corrected chi connectivity index (χ4v) is 2.48. The van der Waals surface area contributed by atoms with E-state index < -0.39 is 0 Å². The van der Waals surface area contributed by atoms with Crippen LogP contribution in [0.25, 0.3) is 11.5 Å². The molecule has 0 atom stereocenters. The molecule has 0 aliphatic carbocycles. The van der Waals surface area contributed by atoms with Crippen LogP contribution in [0.1, 0.15) is 11.3 Å². The second-order valence-electron chi connectivity index (χ2n) is 5.86. The molecule has 0 aliphatic heterocycles. The molecule has 0 saturated carbocycles. The number of rotatable bonds is 7. The topological polar surface area (TPSA) is 38.5 Å². The third kappa shape index (κ3) is 4.24. The Morgan fingerprint density at radius 1 is 1.04 bits per heavy atom. The summed E-state index contributed by atoms with van der Waals surface area (Å²) in [6.45, 7) is 4.25. The molecule has 2 aromatic carbocycles. The molecule has 0 radical (unpaired) electrons. The van der Waals surface area contributed by atoms with E-state index in [9.17, 15) is 0 Å². The minimum atomic E-state index is 0.644. The molecule has 0 amide bonds. The van der Waals surface area contributed by atoms with Gasteiger partial charge in [0.05, 0.1) is 5.69 Å². The van der Waals surface area contributed by atoms with Crippen molar-refractivity contribution in [2.75, 3.05) is 20.2 Å². The van der Waals surface area contributed by atoms with Crippen molar-refractivity contribution < 1.29 is 9.15 Å². The summed E-state index contributed by atoms with van der Waals surface area (Å²) in [4.78, 5) is 6.72. The Kier molecular flexibility index (Phi) is 5.29. The predicted molar refractivity (Wildman–Crippen MR) is 94.9 cm³/mol. The number of hydrogen-bond acceptors (Lipinski definition) is 4. The van der Waals surface area contributed by atoms with Crippen molar-refractivity contribution in [2.24, 2.45) is 0 Å². The molecule has 1 aromatic heterocycles. The number of oxazole rings is 1. The van der Waals surface area contributed by atoms with Crippen LogP contribution < -0.4 is 4.74 Å². The van der Waals surface area contributed by atoms with E-state index in [1.165, 1.54) is 0 Å². The first kappa shape index (κ1) is 16.3. The normalized spacial score (nSPS) is 11.0. The number of likely N-dealkylation sites (N-methyl/N-ethyl adjacent to an activating group) is 1. The average Bonchev–Trinajstić information content (AvgIpc) is 3.06. The number of nitrogens with zero attached hydrogens (tertiary/aromatic N) is 2. The van der Waals surface area contributed by atoms with Crippen LogP contribution in [0.3, 0.4) is 0 Å². The number of ether oxygens (including phenoxy) is 1. The molecule has 0 aliphatic rings. The Bertz CT molecular complexity index is 768. The van der Waals surface area contributed by atoms with Crippen LogP contribution in [0.15, 0.2) is 65.3 Å². The highest BCUT2D eigenvalue weighted by molar-refractivity contribution is 5.52. The fraction of sp³-hybridized carbons (Fsp3) is 0.250. The van der Waals surface area contributed by atoms with Gasteiger partial charge in [0.25, 0.3) is 0 Å². The Labute approximate surface area is 142 Å². The van der Waals surface area contributed by atoms with Gasteiger partial charge in [-0.1, -0.05) is 36.4 Å². The number of benzene rings is 2. The van der Waals surface area contributed by atoms with Crippen molar-refractivity contribution in [1.29, 1.82) is 0 Å². The van der Waals surface area contributed by atoms with E-state index in [-0.39, 0.29) is 0 Å². The summed E-state index contributed by atoms with van der Waals surface area (Å²) in [6.07, 6.45) is 1.72. The van der Waals surface area contributed by atoms with Gasteiger partial charge < -0.3 is 9.15 Å². The van der Waals surface area contributed by atoms with Crippen LogP contribution in [0.2, 0.25) is 0 Å². The molecule has 1 heterocycles. The number of aryl methyl sites for hydroxylation is 1. The predicted octanol–water partition coefficient (Wildman–Crippen LogP) is 4.16. The van der Waals surface area contributed by atoms with Crippen LogP contribution >= 0.6 is 0 Å². The first-order valence-corrected chi connectivity index (χ1v) is 8.09. The first-order chi connectivity index (χ1) is 11.7. The zero-order chi connectivity index (χ0) is 16.8. The average molecular weight is 322 g/mol. The van der Waals surface area contributed by atoms with Crippen LogP contribution in [0.4, 0.5) is 0 Å². The molecule has 0 fully saturated rings. The molecule has 3 rings (SSSR count). The van der Waals surface area contributed by atoms with Gasteiger partial charge in [-0.2, -0.15) is 0 Å².